The van der Waals surface area contributed by atoms with Gasteiger partial charge in [0.1, 0.15) is 5.82 Å². The van der Waals surface area contributed by atoms with Gasteiger partial charge in [-0.2, -0.15) is 0 Å². The molecule has 5 nitrogen and oxygen atoms in total. The molecule has 0 amide bonds. The second-order valence-corrected chi connectivity index (χ2v) is 7.61. The summed E-state index contributed by atoms with van der Waals surface area (Å²) < 4.78 is 40.5. The van der Waals surface area contributed by atoms with Gasteiger partial charge in [-0.3, -0.25) is 0 Å². The van der Waals surface area contributed by atoms with Crippen molar-refractivity contribution in [3.05, 3.63) is 54.5 Å². The lowest BCUT2D eigenvalue weighted by molar-refractivity contribution is 0.410. The van der Waals surface area contributed by atoms with Crippen molar-refractivity contribution < 1.29 is 12.8 Å². The Morgan fingerprint density at radius 3 is 2.50 bits per heavy atom. The van der Waals surface area contributed by atoms with E-state index in [4.69, 9.17) is 0 Å². The summed E-state index contributed by atoms with van der Waals surface area (Å²) in [6.45, 7) is 1.31. The summed E-state index contributed by atoms with van der Waals surface area (Å²) in [4.78, 5) is 3.28. The quantitative estimate of drug-likeness (QED) is 0.679. The molecule has 3 N–H and O–H groups in total. The van der Waals surface area contributed by atoms with Gasteiger partial charge in [0.05, 0.1) is 4.90 Å². The largest absolute Gasteiger partial charge is 0.360 e. The summed E-state index contributed by atoms with van der Waals surface area (Å²) in [7, 11) is -3.50. The molecule has 124 valence electrons. The van der Waals surface area contributed by atoms with E-state index in [-0.39, 0.29) is 16.8 Å². The lowest BCUT2D eigenvalue weighted by atomic mass is 10.1. The molecule has 1 aromatic heterocycles. The van der Waals surface area contributed by atoms with Crippen LogP contribution in [-0.2, 0) is 10.0 Å². The number of halogens is 1. The Morgan fingerprint density at radius 2 is 1.83 bits per heavy atom. The number of rotatable bonds is 4. The molecule has 0 unspecified atom stereocenters. The lowest BCUT2D eigenvalue weighted by Crippen LogP contribution is -2.56. The van der Waals surface area contributed by atoms with E-state index in [1.165, 1.54) is 12.1 Å². The van der Waals surface area contributed by atoms with Crippen molar-refractivity contribution in [3.8, 4) is 11.1 Å². The Kier molecular flexibility index (Phi) is 3.64. The van der Waals surface area contributed by atoms with Gasteiger partial charge in [0.2, 0.25) is 10.0 Å². The third-order valence-electron chi connectivity index (χ3n) is 4.22. The molecule has 0 aliphatic carbocycles. The van der Waals surface area contributed by atoms with Crippen LogP contribution in [0.4, 0.5) is 4.39 Å². The predicted molar refractivity (Wildman–Crippen MR) is 90.7 cm³/mol. The topological polar surface area (TPSA) is 74.0 Å². The Hall–Kier alpha value is -2.22. The molecule has 1 saturated heterocycles. The van der Waals surface area contributed by atoms with E-state index < -0.39 is 10.0 Å². The van der Waals surface area contributed by atoms with Crippen LogP contribution in [0, 0.1) is 5.82 Å². The highest BCUT2D eigenvalue weighted by Gasteiger charge is 2.24. The summed E-state index contributed by atoms with van der Waals surface area (Å²) in [6.07, 6.45) is 1.80. The summed E-state index contributed by atoms with van der Waals surface area (Å²) in [6, 6.07) is 11.2. The van der Waals surface area contributed by atoms with Gasteiger partial charge in [-0.25, -0.2) is 17.5 Å². The molecule has 7 heteroatoms. The van der Waals surface area contributed by atoms with Crippen LogP contribution in [0.25, 0.3) is 22.0 Å². The Morgan fingerprint density at radius 1 is 1.08 bits per heavy atom. The standard InChI is InChI=1S/C17H16FN3O2S/c18-12-3-6-15-16(10-20-17(15)7-12)11-1-4-14(5-2-11)24(22,23)21-13-8-19-9-13/h1-7,10,13,19-21H,8-9H2. The van der Waals surface area contributed by atoms with Gasteiger partial charge in [-0.05, 0) is 35.9 Å². The SMILES string of the molecule is O=S(=O)(NC1CNC1)c1ccc(-c2c[nH]c3cc(F)ccc23)cc1. The van der Waals surface area contributed by atoms with E-state index in [9.17, 15) is 12.8 Å². The number of benzene rings is 2. The molecule has 2 aromatic carbocycles. The number of nitrogens with one attached hydrogen (secondary N) is 3. The average molecular weight is 345 g/mol. The monoisotopic (exact) mass is 345 g/mol. The van der Waals surface area contributed by atoms with Crippen molar-refractivity contribution in [2.45, 2.75) is 10.9 Å². The van der Waals surface area contributed by atoms with E-state index in [2.05, 4.69) is 15.0 Å². The van der Waals surface area contributed by atoms with Crippen molar-refractivity contribution in [2.24, 2.45) is 0 Å². The van der Waals surface area contributed by atoms with Crippen LogP contribution in [0.15, 0.2) is 53.6 Å². The van der Waals surface area contributed by atoms with E-state index in [1.54, 1.807) is 36.5 Å². The summed E-state index contributed by atoms with van der Waals surface area (Å²) >= 11 is 0. The van der Waals surface area contributed by atoms with Gasteiger partial charge >= 0.3 is 0 Å². The summed E-state index contributed by atoms with van der Waals surface area (Å²) in [5.74, 6) is -0.297. The molecule has 0 radical (unpaired) electrons. The van der Waals surface area contributed by atoms with Gasteiger partial charge in [0.15, 0.2) is 0 Å². The molecule has 0 atom stereocenters. The van der Waals surface area contributed by atoms with Crippen molar-refractivity contribution >= 4 is 20.9 Å². The fourth-order valence-corrected chi connectivity index (χ4v) is 4.05. The second-order valence-electron chi connectivity index (χ2n) is 5.89. The highest BCUT2D eigenvalue weighted by Crippen LogP contribution is 2.29. The number of H-pyrrole nitrogens is 1. The smallest absolute Gasteiger partial charge is 0.240 e. The van der Waals surface area contributed by atoms with Gasteiger partial charge in [-0.15, -0.1) is 0 Å². The highest BCUT2D eigenvalue weighted by atomic mass is 32.2. The first-order valence-corrected chi connectivity index (χ1v) is 9.11. The lowest BCUT2D eigenvalue weighted by Gasteiger charge is -2.27. The zero-order chi connectivity index (χ0) is 16.7. The molecule has 1 fully saturated rings. The van der Waals surface area contributed by atoms with Crippen molar-refractivity contribution in [1.82, 2.24) is 15.0 Å². The molecule has 2 heterocycles. The average Bonchev–Trinajstić information content (AvgIpc) is 2.94. The minimum atomic E-state index is -3.50. The molecule has 0 saturated carbocycles. The zero-order valence-corrected chi connectivity index (χ0v) is 13.5. The zero-order valence-electron chi connectivity index (χ0n) is 12.7. The van der Waals surface area contributed by atoms with Crippen LogP contribution in [0.2, 0.25) is 0 Å². The van der Waals surface area contributed by atoms with Crippen LogP contribution in [0.5, 0.6) is 0 Å². The predicted octanol–water partition coefficient (Wildman–Crippen LogP) is 2.22. The molecule has 4 rings (SSSR count). The first-order valence-electron chi connectivity index (χ1n) is 7.63. The number of hydrogen-bond donors (Lipinski definition) is 3. The summed E-state index contributed by atoms with van der Waals surface area (Å²) in [5.41, 5.74) is 2.49. The minimum Gasteiger partial charge on any atom is -0.360 e. The fraction of sp³-hybridized carbons (Fsp3) is 0.176. The van der Waals surface area contributed by atoms with E-state index in [1.807, 2.05) is 0 Å². The Labute approximate surface area is 138 Å². The number of aromatic amines is 1. The number of sulfonamides is 1. The maximum Gasteiger partial charge on any atom is 0.240 e. The second kappa shape index (κ2) is 5.70. The van der Waals surface area contributed by atoms with E-state index in [0.29, 0.717) is 18.6 Å². The number of hydrogen-bond acceptors (Lipinski definition) is 3. The molecule has 3 aromatic rings. The fourth-order valence-electron chi connectivity index (χ4n) is 2.81. The molecule has 0 spiro atoms. The van der Waals surface area contributed by atoms with Gasteiger partial charge in [0.25, 0.3) is 0 Å². The van der Waals surface area contributed by atoms with Crippen LogP contribution >= 0.6 is 0 Å². The highest BCUT2D eigenvalue weighted by molar-refractivity contribution is 7.89. The molecule has 0 bridgehead atoms. The van der Waals surface area contributed by atoms with Crippen LogP contribution in [0.3, 0.4) is 0 Å². The van der Waals surface area contributed by atoms with Crippen LogP contribution in [0.1, 0.15) is 0 Å². The van der Waals surface area contributed by atoms with E-state index >= 15 is 0 Å². The molecule has 1 aliphatic heterocycles. The normalized spacial score (nSPS) is 15.5. The molecule has 24 heavy (non-hydrogen) atoms. The number of aromatic nitrogens is 1. The van der Waals surface area contributed by atoms with Crippen LogP contribution < -0.4 is 10.0 Å². The molecular weight excluding hydrogens is 329 g/mol. The maximum absolute atomic E-state index is 13.3. The third kappa shape index (κ3) is 2.71. The van der Waals surface area contributed by atoms with Crippen LogP contribution in [-0.4, -0.2) is 32.5 Å². The number of fused-ring (bicyclic) bond motifs is 1. The third-order valence-corrected chi connectivity index (χ3v) is 5.76. The maximum atomic E-state index is 13.3. The summed E-state index contributed by atoms with van der Waals surface area (Å²) in [5, 5.41) is 3.92. The molecule has 1 aliphatic rings. The van der Waals surface area contributed by atoms with Crippen molar-refractivity contribution in [2.75, 3.05) is 13.1 Å². The Bertz CT molecular complexity index is 992. The van der Waals surface area contributed by atoms with Gasteiger partial charge in [-0.1, -0.05) is 12.1 Å². The van der Waals surface area contributed by atoms with Gasteiger partial charge < -0.3 is 10.3 Å². The minimum absolute atomic E-state index is 0.0433. The Balaban J connectivity index is 1.65. The van der Waals surface area contributed by atoms with Gasteiger partial charge in [0, 0.05) is 41.8 Å². The van der Waals surface area contributed by atoms with Crippen molar-refractivity contribution in [3.63, 3.8) is 0 Å². The van der Waals surface area contributed by atoms with Crippen molar-refractivity contribution in [1.29, 1.82) is 0 Å². The van der Waals surface area contributed by atoms with E-state index in [0.717, 1.165) is 16.5 Å². The molecular formula is C17H16FN3O2S. The first-order chi connectivity index (χ1) is 11.5. The first kappa shape index (κ1) is 15.3.